The summed E-state index contributed by atoms with van der Waals surface area (Å²) in [5.74, 6) is -7.06. The standard InChI is InChI=1S/C45H63F4N3O5/c1-24(2)25-12-17-45(20-31(53)51-23-26-35(46)37(48)39(52-50)38(49)36(26)47)19-18-43(8)27(34(25)45)10-11-29-42(7)15-14-30(41(5,6)28(42)13-16-44(29,43)9)57-33(56)22-40(3,4)21-32(54)55/h25,27-30,34,50H,1,10-23H2,2-9H3,(H,51,53)(H,54,55)/t25-,27+,28-,29+,30-,34+,42-,43+,44+,45+/m0/s1. The average molecular weight is 802 g/mol. The summed E-state index contributed by atoms with van der Waals surface area (Å²) < 4.78 is 64.5. The second kappa shape index (κ2) is 14.8. The van der Waals surface area contributed by atoms with E-state index in [1.807, 2.05) is 0 Å². The van der Waals surface area contributed by atoms with Crippen LogP contribution in [0.3, 0.4) is 0 Å². The number of halogens is 4. The van der Waals surface area contributed by atoms with Crippen LogP contribution in [0, 0.1) is 90.9 Å². The third-order valence-electron chi connectivity index (χ3n) is 17.1. The van der Waals surface area contributed by atoms with E-state index in [9.17, 15) is 37.1 Å². The first-order valence-corrected chi connectivity index (χ1v) is 20.9. The highest BCUT2D eigenvalue weighted by atomic mass is 19.2. The minimum atomic E-state index is -1.76. The molecular formula is C45H63F4N3O5. The number of hydrogen-bond acceptors (Lipinski definition) is 6. The largest absolute Gasteiger partial charge is 0.481 e. The molecule has 8 nitrogen and oxygen atoms in total. The van der Waals surface area contributed by atoms with Crippen LogP contribution < -0.4 is 5.32 Å². The molecule has 1 aromatic carbocycles. The summed E-state index contributed by atoms with van der Waals surface area (Å²) >= 11 is 0. The molecule has 10 atom stereocenters. The zero-order chi connectivity index (χ0) is 42.3. The van der Waals surface area contributed by atoms with Gasteiger partial charge in [0.25, 0.3) is 0 Å². The molecule has 0 radical (unpaired) electrons. The number of hydrogen-bond donors (Lipinski definition) is 3. The summed E-state index contributed by atoms with van der Waals surface area (Å²) in [6, 6.07) is 0. The van der Waals surface area contributed by atoms with Crippen molar-refractivity contribution in [3.05, 3.63) is 41.0 Å². The van der Waals surface area contributed by atoms with Gasteiger partial charge in [0.1, 0.15) is 6.10 Å². The van der Waals surface area contributed by atoms with E-state index in [1.165, 1.54) is 0 Å². The van der Waals surface area contributed by atoms with Gasteiger partial charge < -0.3 is 15.2 Å². The maximum atomic E-state index is 14.8. The summed E-state index contributed by atoms with van der Waals surface area (Å²) in [5, 5.41) is 14.5. The maximum Gasteiger partial charge on any atom is 0.306 e. The number of allylic oxidation sites excluding steroid dienone is 1. The Bertz CT molecular complexity index is 1820. The molecule has 1 amide bonds. The van der Waals surface area contributed by atoms with Crippen LogP contribution in [0.25, 0.3) is 0 Å². The van der Waals surface area contributed by atoms with Crippen molar-refractivity contribution < 1.29 is 41.8 Å². The van der Waals surface area contributed by atoms with Gasteiger partial charge in [0.15, 0.2) is 29.0 Å². The van der Waals surface area contributed by atoms with Gasteiger partial charge in [-0.05, 0) is 128 Å². The lowest BCUT2D eigenvalue weighted by molar-refractivity contribution is -0.250. The van der Waals surface area contributed by atoms with Crippen molar-refractivity contribution in [2.45, 2.75) is 152 Å². The predicted octanol–water partition coefficient (Wildman–Crippen LogP) is 11.4. The molecule has 5 aliphatic rings. The molecule has 3 N–H and O–H groups in total. The second-order valence-corrected chi connectivity index (χ2v) is 20.9. The van der Waals surface area contributed by atoms with Crippen molar-refractivity contribution >= 4 is 23.5 Å². The summed E-state index contributed by atoms with van der Waals surface area (Å²) in [4.78, 5) is 38.4. The Labute approximate surface area is 335 Å². The number of benzene rings is 1. The molecule has 5 aliphatic carbocycles. The van der Waals surface area contributed by atoms with Crippen molar-refractivity contribution in [3.8, 4) is 0 Å². The molecule has 316 valence electrons. The van der Waals surface area contributed by atoms with Crippen LogP contribution in [0.1, 0.15) is 144 Å². The summed E-state index contributed by atoms with van der Waals surface area (Å²) in [6.07, 6.45) is 9.12. The molecule has 5 fully saturated rings. The molecule has 57 heavy (non-hydrogen) atoms. The SMILES string of the molecule is C=C(C)[C@@H]1CC[C@]2(CC(=O)NCc3c(F)c(F)c(N=N)c(F)c3F)CC[C@]3(C)[C@H](CC[C@@H]4[C@@]5(C)CC[C@H](OC(=O)CC(C)(C)CC(=O)O)C(C)(C)[C@@H]5CC[C@]43C)[C@@H]12. The number of carboxylic acids is 1. The number of esters is 1. The number of fused-ring (bicyclic) bond motifs is 7. The lowest BCUT2D eigenvalue weighted by Crippen LogP contribution is -2.67. The van der Waals surface area contributed by atoms with Crippen molar-refractivity contribution in [2.75, 3.05) is 0 Å². The fraction of sp³-hybridized carbons (Fsp3) is 0.756. The van der Waals surface area contributed by atoms with Gasteiger partial charge >= 0.3 is 11.9 Å². The highest BCUT2D eigenvalue weighted by Gasteiger charge is 2.71. The molecule has 0 unspecified atom stereocenters. The molecule has 5 saturated carbocycles. The van der Waals surface area contributed by atoms with Gasteiger partial charge in [0.05, 0.1) is 12.8 Å². The Hall–Kier alpha value is -3.31. The Morgan fingerprint density at radius 2 is 1.51 bits per heavy atom. The molecule has 6 rings (SSSR count). The number of amides is 1. The maximum absolute atomic E-state index is 14.8. The minimum absolute atomic E-state index is 0.0128. The number of rotatable bonds is 11. The van der Waals surface area contributed by atoms with Crippen LogP contribution in [0.5, 0.6) is 0 Å². The summed E-state index contributed by atoms with van der Waals surface area (Å²) in [7, 11) is 0. The molecular weight excluding hydrogens is 739 g/mol. The number of carbonyl (C=O) groups excluding carboxylic acids is 2. The topological polar surface area (TPSA) is 129 Å². The molecule has 12 heteroatoms. The first kappa shape index (κ1) is 43.3. The van der Waals surface area contributed by atoms with E-state index in [-0.39, 0.29) is 70.2 Å². The van der Waals surface area contributed by atoms with E-state index in [1.54, 1.807) is 13.8 Å². The molecule has 0 heterocycles. The van der Waals surface area contributed by atoms with Crippen LogP contribution in [-0.4, -0.2) is 29.1 Å². The highest BCUT2D eigenvalue weighted by molar-refractivity contribution is 5.77. The Balaban J connectivity index is 1.22. The van der Waals surface area contributed by atoms with E-state index in [2.05, 4.69) is 58.6 Å². The monoisotopic (exact) mass is 801 g/mol. The normalized spacial score (nSPS) is 36.8. The third-order valence-corrected chi connectivity index (χ3v) is 17.1. The lowest BCUT2D eigenvalue weighted by atomic mass is 9.32. The quantitative estimate of drug-likeness (QED) is 0.0675. The molecule has 0 bridgehead atoms. The molecule has 0 aromatic heterocycles. The van der Waals surface area contributed by atoms with Gasteiger partial charge in [-0.2, -0.15) is 5.11 Å². The zero-order valence-electron chi connectivity index (χ0n) is 35.1. The van der Waals surface area contributed by atoms with Crippen molar-refractivity contribution in [1.29, 1.82) is 5.53 Å². The van der Waals surface area contributed by atoms with Crippen LogP contribution in [0.15, 0.2) is 17.3 Å². The predicted molar refractivity (Wildman–Crippen MR) is 207 cm³/mol. The molecule has 1 aromatic rings. The number of ether oxygens (including phenoxy) is 1. The van der Waals surface area contributed by atoms with Gasteiger partial charge in [-0.25, -0.2) is 23.1 Å². The van der Waals surface area contributed by atoms with Crippen LogP contribution >= 0.6 is 0 Å². The molecule has 0 aliphatic heterocycles. The average Bonchev–Trinajstić information content (AvgIpc) is 3.48. The first-order valence-electron chi connectivity index (χ1n) is 20.9. The van der Waals surface area contributed by atoms with E-state index in [0.29, 0.717) is 17.8 Å². The number of aliphatic carboxylic acids is 1. The van der Waals surface area contributed by atoms with Gasteiger partial charge in [-0.1, -0.05) is 60.6 Å². The highest BCUT2D eigenvalue weighted by Crippen LogP contribution is 2.78. The number of carboxylic acid groups (broad SMARTS) is 1. The number of nitrogens with one attached hydrogen (secondary N) is 2. The van der Waals surface area contributed by atoms with Crippen LogP contribution in [0.4, 0.5) is 23.2 Å². The summed E-state index contributed by atoms with van der Waals surface area (Å²) in [5.41, 5.74) is 4.39. The van der Waals surface area contributed by atoms with E-state index in [4.69, 9.17) is 10.3 Å². The van der Waals surface area contributed by atoms with Crippen molar-refractivity contribution in [2.24, 2.45) is 67.2 Å². The smallest absolute Gasteiger partial charge is 0.306 e. The molecule has 0 saturated heterocycles. The van der Waals surface area contributed by atoms with Gasteiger partial charge in [-0.3, -0.25) is 14.4 Å². The fourth-order valence-electron chi connectivity index (χ4n) is 14.3. The van der Waals surface area contributed by atoms with Crippen molar-refractivity contribution in [1.82, 2.24) is 5.32 Å². The van der Waals surface area contributed by atoms with Gasteiger partial charge in [-0.15, -0.1) is 0 Å². The number of nitrogens with zero attached hydrogens (tertiary/aromatic N) is 1. The van der Waals surface area contributed by atoms with Gasteiger partial charge in [0.2, 0.25) is 5.91 Å². The third kappa shape index (κ3) is 6.94. The van der Waals surface area contributed by atoms with E-state index < -0.39 is 58.4 Å². The molecule has 0 spiro atoms. The lowest BCUT2D eigenvalue weighted by Gasteiger charge is -2.73. The van der Waals surface area contributed by atoms with E-state index in [0.717, 1.165) is 69.8 Å². The second-order valence-electron chi connectivity index (χ2n) is 20.9. The fourth-order valence-corrected chi connectivity index (χ4v) is 14.3. The zero-order valence-corrected chi connectivity index (χ0v) is 35.1. The summed E-state index contributed by atoms with van der Waals surface area (Å²) in [6.45, 7) is 21.3. The van der Waals surface area contributed by atoms with Gasteiger partial charge in [0, 0.05) is 23.9 Å². The Morgan fingerprint density at radius 3 is 2.11 bits per heavy atom. The Morgan fingerprint density at radius 1 is 0.860 bits per heavy atom. The Kier molecular flexibility index (Phi) is 11.2. The van der Waals surface area contributed by atoms with Crippen molar-refractivity contribution in [3.63, 3.8) is 0 Å². The first-order chi connectivity index (χ1) is 26.4. The van der Waals surface area contributed by atoms with Crippen LogP contribution in [-0.2, 0) is 25.7 Å². The van der Waals surface area contributed by atoms with Crippen LogP contribution in [0.2, 0.25) is 0 Å². The number of carbonyl (C=O) groups is 3. The minimum Gasteiger partial charge on any atom is -0.481 e. The van der Waals surface area contributed by atoms with E-state index >= 15 is 0 Å².